The highest BCUT2D eigenvalue weighted by Gasteiger charge is 2.33. The molecular formula is C12H16ClNO3S. The largest absolute Gasteiger partial charge is 0.390 e. The summed E-state index contributed by atoms with van der Waals surface area (Å²) in [5.74, 6) is 0. The van der Waals surface area contributed by atoms with Crippen LogP contribution in [0.15, 0.2) is 29.2 Å². The number of halogens is 1. The molecule has 1 aromatic rings. The van der Waals surface area contributed by atoms with Crippen LogP contribution in [-0.4, -0.2) is 36.5 Å². The second-order valence-electron chi connectivity index (χ2n) is 4.85. The maximum absolute atomic E-state index is 12.3. The number of piperidine rings is 1. The van der Waals surface area contributed by atoms with E-state index in [0.29, 0.717) is 31.0 Å². The normalized spacial score (nSPS) is 20.8. The maximum Gasteiger partial charge on any atom is 0.243 e. The standard InChI is InChI=1S/C12H16ClNO3S/c1-12(15)6-8-14(9-7-12)18(16,17)11-4-2-10(13)3-5-11/h2-5,15H,6-9H2,1H3. The minimum absolute atomic E-state index is 0.244. The fraction of sp³-hybridized carbons (Fsp3) is 0.500. The molecule has 0 unspecified atom stereocenters. The van der Waals surface area contributed by atoms with Crippen LogP contribution < -0.4 is 0 Å². The minimum atomic E-state index is -3.47. The van der Waals surface area contributed by atoms with Gasteiger partial charge in [-0.05, 0) is 44.0 Å². The summed E-state index contributed by atoms with van der Waals surface area (Å²) in [5, 5.41) is 10.3. The molecule has 100 valence electrons. The molecule has 4 nitrogen and oxygen atoms in total. The maximum atomic E-state index is 12.3. The molecule has 1 N–H and O–H groups in total. The van der Waals surface area contributed by atoms with E-state index < -0.39 is 15.6 Å². The van der Waals surface area contributed by atoms with E-state index in [0.717, 1.165) is 0 Å². The summed E-state index contributed by atoms with van der Waals surface area (Å²) in [6.45, 7) is 2.43. The van der Waals surface area contributed by atoms with Gasteiger partial charge in [-0.15, -0.1) is 0 Å². The Morgan fingerprint density at radius 3 is 2.22 bits per heavy atom. The molecule has 1 aliphatic heterocycles. The summed E-state index contributed by atoms with van der Waals surface area (Å²) in [6, 6.07) is 6.14. The molecule has 1 fully saturated rings. The van der Waals surface area contributed by atoms with Crippen LogP contribution in [0.25, 0.3) is 0 Å². The third-order valence-electron chi connectivity index (χ3n) is 3.25. The highest BCUT2D eigenvalue weighted by molar-refractivity contribution is 7.89. The Balaban J connectivity index is 2.20. The zero-order valence-electron chi connectivity index (χ0n) is 10.1. The Labute approximate surface area is 112 Å². The van der Waals surface area contributed by atoms with Crippen molar-refractivity contribution < 1.29 is 13.5 Å². The lowest BCUT2D eigenvalue weighted by Gasteiger charge is -2.34. The van der Waals surface area contributed by atoms with E-state index in [9.17, 15) is 13.5 Å². The average molecular weight is 290 g/mol. The summed E-state index contributed by atoms with van der Waals surface area (Å²) >= 11 is 5.74. The van der Waals surface area contributed by atoms with E-state index in [1.165, 1.54) is 16.4 Å². The molecule has 0 radical (unpaired) electrons. The zero-order valence-corrected chi connectivity index (χ0v) is 11.7. The number of aliphatic hydroxyl groups is 1. The van der Waals surface area contributed by atoms with Crippen LogP contribution in [0.5, 0.6) is 0 Å². The van der Waals surface area contributed by atoms with Crippen molar-refractivity contribution in [2.75, 3.05) is 13.1 Å². The van der Waals surface area contributed by atoms with E-state index in [1.54, 1.807) is 19.1 Å². The Kier molecular flexibility index (Phi) is 3.69. The minimum Gasteiger partial charge on any atom is -0.390 e. The topological polar surface area (TPSA) is 57.6 Å². The number of rotatable bonds is 2. The van der Waals surface area contributed by atoms with Crippen molar-refractivity contribution in [3.05, 3.63) is 29.3 Å². The van der Waals surface area contributed by atoms with Crippen molar-refractivity contribution in [2.24, 2.45) is 0 Å². The van der Waals surface area contributed by atoms with Crippen molar-refractivity contribution in [2.45, 2.75) is 30.3 Å². The van der Waals surface area contributed by atoms with Gasteiger partial charge in [0.25, 0.3) is 0 Å². The molecule has 18 heavy (non-hydrogen) atoms. The zero-order chi connectivity index (χ0) is 13.4. The van der Waals surface area contributed by atoms with E-state index in [1.807, 2.05) is 0 Å². The predicted octanol–water partition coefficient (Wildman–Crippen LogP) is 1.88. The van der Waals surface area contributed by atoms with Crippen molar-refractivity contribution in [3.8, 4) is 0 Å². The molecule has 0 saturated carbocycles. The number of sulfonamides is 1. The molecule has 0 bridgehead atoms. The molecule has 2 rings (SSSR count). The summed E-state index contributed by atoms with van der Waals surface area (Å²) in [7, 11) is -3.47. The fourth-order valence-electron chi connectivity index (χ4n) is 1.96. The van der Waals surface area contributed by atoms with Crippen molar-refractivity contribution in [1.29, 1.82) is 0 Å². The molecule has 1 saturated heterocycles. The molecule has 1 heterocycles. The number of hydrogen-bond donors (Lipinski definition) is 1. The highest BCUT2D eigenvalue weighted by Crippen LogP contribution is 2.26. The first-order valence-corrected chi connectivity index (χ1v) is 7.61. The number of nitrogens with zero attached hydrogens (tertiary/aromatic N) is 1. The van der Waals surface area contributed by atoms with Crippen molar-refractivity contribution >= 4 is 21.6 Å². The Hall–Kier alpha value is -0.620. The number of benzene rings is 1. The van der Waals surface area contributed by atoms with Crippen LogP contribution in [0, 0.1) is 0 Å². The molecule has 0 atom stereocenters. The lowest BCUT2D eigenvalue weighted by molar-refractivity contribution is 0.0126. The van der Waals surface area contributed by atoms with Gasteiger partial charge in [0, 0.05) is 18.1 Å². The van der Waals surface area contributed by atoms with Crippen molar-refractivity contribution in [1.82, 2.24) is 4.31 Å². The molecule has 0 aliphatic carbocycles. The first kappa shape index (κ1) is 13.8. The monoisotopic (exact) mass is 289 g/mol. The van der Waals surface area contributed by atoms with E-state index >= 15 is 0 Å². The van der Waals surface area contributed by atoms with Gasteiger partial charge in [-0.1, -0.05) is 11.6 Å². The van der Waals surface area contributed by atoms with Gasteiger partial charge in [0.15, 0.2) is 0 Å². The second-order valence-corrected chi connectivity index (χ2v) is 7.23. The van der Waals surface area contributed by atoms with Crippen molar-refractivity contribution in [3.63, 3.8) is 0 Å². The molecule has 6 heteroatoms. The van der Waals surface area contributed by atoms with Crippen LogP contribution in [0.3, 0.4) is 0 Å². The van der Waals surface area contributed by atoms with Crippen LogP contribution in [0.2, 0.25) is 5.02 Å². The van der Waals surface area contributed by atoms with Gasteiger partial charge in [-0.25, -0.2) is 8.42 Å². The smallest absolute Gasteiger partial charge is 0.243 e. The van der Waals surface area contributed by atoms with Gasteiger partial charge >= 0.3 is 0 Å². The third kappa shape index (κ3) is 2.85. The van der Waals surface area contributed by atoms with Gasteiger partial charge in [0.2, 0.25) is 10.0 Å². The summed E-state index contributed by atoms with van der Waals surface area (Å²) in [4.78, 5) is 0.244. The Bertz CT molecular complexity index is 515. The summed E-state index contributed by atoms with van der Waals surface area (Å²) in [6.07, 6.45) is 0.916. The van der Waals surface area contributed by atoms with Crippen LogP contribution >= 0.6 is 11.6 Å². The van der Waals surface area contributed by atoms with E-state index in [-0.39, 0.29) is 4.90 Å². The average Bonchev–Trinajstić information content (AvgIpc) is 2.29. The molecule has 0 aromatic heterocycles. The van der Waals surface area contributed by atoms with Gasteiger partial charge < -0.3 is 5.11 Å². The first-order valence-electron chi connectivity index (χ1n) is 5.79. The van der Waals surface area contributed by atoms with Gasteiger partial charge in [-0.3, -0.25) is 0 Å². The molecule has 1 aromatic carbocycles. The van der Waals surface area contributed by atoms with Gasteiger partial charge in [0.05, 0.1) is 10.5 Å². The summed E-state index contributed by atoms with van der Waals surface area (Å²) in [5.41, 5.74) is -0.758. The third-order valence-corrected chi connectivity index (χ3v) is 5.42. The lowest BCUT2D eigenvalue weighted by atomic mass is 9.95. The van der Waals surface area contributed by atoms with Gasteiger partial charge in [-0.2, -0.15) is 4.31 Å². The van der Waals surface area contributed by atoms with Crippen LogP contribution in [0.4, 0.5) is 0 Å². The second kappa shape index (κ2) is 4.81. The highest BCUT2D eigenvalue weighted by atomic mass is 35.5. The first-order chi connectivity index (χ1) is 8.31. The molecule has 0 spiro atoms. The fourth-order valence-corrected chi connectivity index (χ4v) is 3.53. The molecular weight excluding hydrogens is 274 g/mol. The van der Waals surface area contributed by atoms with Gasteiger partial charge in [0.1, 0.15) is 0 Å². The quantitative estimate of drug-likeness (QED) is 0.904. The predicted molar refractivity (Wildman–Crippen MR) is 70.1 cm³/mol. The Morgan fingerprint density at radius 2 is 1.72 bits per heavy atom. The Morgan fingerprint density at radius 1 is 1.22 bits per heavy atom. The SMILES string of the molecule is CC1(O)CCN(S(=O)(=O)c2ccc(Cl)cc2)CC1. The molecule has 1 aliphatic rings. The van der Waals surface area contributed by atoms with E-state index in [2.05, 4.69) is 0 Å². The van der Waals surface area contributed by atoms with E-state index in [4.69, 9.17) is 11.6 Å². The lowest BCUT2D eigenvalue weighted by Crippen LogP contribution is -2.45. The van der Waals surface area contributed by atoms with Crippen LogP contribution in [-0.2, 0) is 10.0 Å². The van der Waals surface area contributed by atoms with Crippen LogP contribution in [0.1, 0.15) is 19.8 Å². The number of hydrogen-bond acceptors (Lipinski definition) is 3. The molecule has 0 amide bonds. The summed E-state index contributed by atoms with van der Waals surface area (Å²) < 4.78 is 26.0.